The van der Waals surface area contributed by atoms with Gasteiger partial charge in [0.15, 0.2) is 0 Å². The SMILES string of the molecule is CCOc1ccc(-n2c(C)c3c(c2C)C(Cl)(N(CC)c2ccccc2)NN=C3C)cc1. The lowest BCUT2D eigenvalue weighted by molar-refractivity contribution is 0.340. The van der Waals surface area contributed by atoms with Gasteiger partial charge in [0.05, 0.1) is 12.3 Å². The molecule has 3 aromatic rings. The van der Waals surface area contributed by atoms with Gasteiger partial charge in [-0.1, -0.05) is 29.8 Å². The smallest absolute Gasteiger partial charge is 0.232 e. The van der Waals surface area contributed by atoms with Gasteiger partial charge in [-0.05, 0) is 71.0 Å². The number of benzene rings is 2. The van der Waals surface area contributed by atoms with Crippen LogP contribution in [0.15, 0.2) is 59.7 Å². The van der Waals surface area contributed by atoms with E-state index in [1.807, 2.05) is 44.2 Å². The van der Waals surface area contributed by atoms with E-state index in [1.54, 1.807) is 0 Å². The quantitative estimate of drug-likeness (QED) is 0.398. The molecule has 1 aromatic heterocycles. The number of nitrogens with zero attached hydrogens (tertiary/aromatic N) is 3. The highest BCUT2D eigenvalue weighted by Gasteiger charge is 2.44. The first-order chi connectivity index (χ1) is 14.9. The molecule has 2 aromatic carbocycles. The van der Waals surface area contributed by atoms with Crippen LogP contribution >= 0.6 is 11.6 Å². The number of aromatic nitrogens is 1. The van der Waals surface area contributed by atoms with E-state index in [1.165, 1.54) is 0 Å². The van der Waals surface area contributed by atoms with Crippen LogP contribution < -0.4 is 15.1 Å². The van der Waals surface area contributed by atoms with Crippen LogP contribution in [-0.4, -0.2) is 23.4 Å². The van der Waals surface area contributed by atoms with E-state index in [2.05, 4.69) is 65.0 Å². The van der Waals surface area contributed by atoms with Crippen molar-refractivity contribution in [3.05, 3.63) is 77.1 Å². The largest absolute Gasteiger partial charge is 0.494 e. The number of rotatable bonds is 6. The molecule has 5 nitrogen and oxygen atoms in total. The fraction of sp³-hybridized carbons (Fsp3) is 0.320. The summed E-state index contributed by atoms with van der Waals surface area (Å²) in [6, 6.07) is 18.4. The molecule has 162 valence electrons. The van der Waals surface area contributed by atoms with Gasteiger partial charge in [0, 0.05) is 40.4 Å². The van der Waals surface area contributed by atoms with Crippen molar-refractivity contribution in [2.45, 2.75) is 39.7 Å². The van der Waals surface area contributed by atoms with Crippen LogP contribution in [-0.2, 0) is 5.12 Å². The minimum atomic E-state index is -0.990. The summed E-state index contributed by atoms with van der Waals surface area (Å²) in [6.45, 7) is 11.7. The van der Waals surface area contributed by atoms with Crippen LogP contribution in [0.4, 0.5) is 5.69 Å². The van der Waals surface area contributed by atoms with Crippen LogP contribution in [0.5, 0.6) is 5.75 Å². The number of alkyl halides is 1. The molecule has 0 aliphatic carbocycles. The van der Waals surface area contributed by atoms with Crippen LogP contribution in [0, 0.1) is 13.8 Å². The van der Waals surface area contributed by atoms with Gasteiger partial charge in [0.25, 0.3) is 0 Å². The molecule has 1 unspecified atom stereocenters. The molecule has 0 saturated heterocycles. The molecule has 2 heterocycles. The Balaban J connectivity index is 1.89. The lowest BCUT2D eigenvalue weighted by Crippen LogP contribution is -2.53. The Morgan fingerprint density at radius 3 is 2.29 bits per heavy atom. The maximum Gasteiger partial charge on any atom is 0.232 e. The summed E-state index contributed by atoms with van der Waals surface area (Å²) in [4.78, 5) is 2.15. The Hall–Kier alpha value is -2.92. The summed E-state index contributed by atoms with van der Waals surface area (Å²) < 4.78 is 7.87. The number of hydrogen-bond acceptors (Lipinski definition) is 4. The molecule has 1 aliphatic heterocycles. The highest BCUT2D eigenvalue weighted by atomic mass is 35.5. The molecule has 0 radical (unpaired) electrons. The molecule has 1 atom stereocenters. The van der Waals surface area contributed by atoms with Gasteiger partial charge < -0.3 is 14.2 Å². The van der Waals surface area contributed by atoms with Gasteiger partial charge in [-0.25, -0.2) is 0 Å². The van der Waals surface area contributed by atoms with Crippen molar-refractivity contribution < 1.29 is 4.74 Å². The number of para-hydroxylation sites is 1. The third-order valence-corrected chi connectivity index (χ3v) is 6.35. The molecule has 1 aliphatic rings. The Kier molecular flexibility index (Phi) is 5.71. The fourth-order valence-electron chi connectivity index (χ4n) is 4.58. The number of halogens is 1. The second-order valence-corrected chi connectivity index (χ2v) is 8.24. The summed E-state index contributed by atoms with van der Waals surface area (Å²) in [5, 5.41) is 3.64. The van der Waals surface area contributed by atoms with Crippen molar-refractivity contribution >= 4 is 23.0 Å². The van der Waals surface area contributed by atoms with Crippen molar-refractivity contribution in [3.63, 3.8) is 0 Å². The first kappa shape index (κ1) is 21.3. The van der Waals surface area contributed by atoms with E-state index in [9.17, 15) is 0 Å². The van der Waals surface area contributed by atoms with E-state index in [0.717, 1.165) is 51.9 Å². The average Bonchev–Trinajstić information content (AvgIpc) is 3.05. The lowest BCUT2D eigenvalue weighted by Gasteiger charge is -2.42. The highest BCUT2D eigenvalue weighted by Crippen LogP contribution is 2.43. The maximum absolute atomic E-state index is 7.39. The summed E-state index contributed by atoms with van der Waals surface area (Å²) >= 11 is 7.39. The van der Waals surface area contributed by atoms with Crippen LogP contribution in [0.25, 0.3) is 5.69 Å². The Morgan fingerprint density at radius 1 is 1.00 bits per heavy atom. The van der Waals surface area contributed by atoms with Gasteiger partial charge >= 0.3 is 0 Å². The number of anilines is 1. The second-order valence-electron chi connectivity index (χ2n) is 7.69. The molecule has 6 heteroatoms. The van der Waals surface area contributed by atoms with E-state index in [4.69, 9.17) is 16.3 Å². The molecule has 0 fully saturated rings. The summed E-state index contributed by atoms with van der Waals surface area (Å²) in [7, 11) is 0. The van der Waals surface area contributed by atoms with E-state index >= 15 is 0 Å². The minimum Gasteiger partial charge on any atom is -0.494 e. The summed E-state index contributed by atoms with van der Waals surface area (Å²) in [5.41, 5.74) is 10.6. The van der Waals surface area contributed by atoms with Crippen molar-refractivity contribution in [2.75, 3.05) is 18.1 Å². The zero-order chi connectivity index (χ0) is 22.2. The molecule has 0 bridgehead atoms. The third-order valence-electron chi connectivity index (χ3n) is 5.87. The zero-order valence-electron chi connectivity index (χ0n) is 18.7. The van der Waals surface area contributed by atoms with Crippen molar-refractivity contribution in [2.24, 2.45) is 5.10 Å². The fourth-order valence-corrected chi connectivity index (χ4v) is 5.07. The lowest BCUT2D eigenvalue weighted by atomic mass is 9.99. The Bertz CT molecular complexity index is 1100. The van der Waals surface area contributed by atoms with Crippen LogP contribution in [0.3, 0.4) is 0 Å². The standard InChI is InChI=1S/C25H29ClN4O/c1-6-29(20-11-9-8-10-12-20)25(26)24-19(5)30(18(4)23(24)17(3)27-28-25)21-13-15-22(16-14-21)31-7-2/h8-16,28H,6-7H2,1-5H3. The van der Waals surface area contributed by atoms with Crippen molar-refractivity contribution in [1.82, 2.24) is 9.99 Å². The zero-order valence-corrected chi connectivity index (χ0v) is 19.5. The van der Waals surface area contributed by atoms with Crippen molar-refractivity contribution in [1.29, 1.82) is 0 Å². The van der Waals surface area contributed by atoms with Gasteiger partial charge in [-0.2, -0.15) is 5.10 Å². The van der Waals surface area contributed by atoms with Gasteiger partial charge in [-0.3, -0.25) is 5.43 Å². The Labute approximate surface area is 189 Å². The second kappa shape index (κ2) is 8.31. The normalized spacial score (nSPS) is 17.5. The molecule has 31 heavy (non-hydrogen) atoms. The molecule has 0 saturated carbocycles. The van der Waals surface area contributed by atoms with Crippen LogP contribution in [0.1, 0.15) is 43.3 Å². The molecular formula is C25H29ClN4O. The molecule has 0 spiro atoms. The number of nitrogens with one attached hydrogen (secondary N) is 1. The van der Waals surface area contributed by atoms with Crippen molar-refractivity contribution in [3.8, 4) is 11.4 Å². The first-order valence-corrected chi connectivity index (χ1v) is 11.1. The molecule has 0 amide bonds. The average molecular weight is 437 g/mol. The van der Waals surface area contributed by atoms with Gasteiger partial charge in [0.1, 0.15) is 5.75 Å². The van der Waals surface area contributed by atoms with Gasteiger partial charge in [0.2, 0.25) is 5.12 Å². The number of hydrazone groups is 1. The molecule has 4 rings (SSSR count). The predicted octanol–water partition coefficient (Wildman–Crippen LogP) is 5.70. The molecular weight excluding hydrogens is 408 g/mol. The first-order valence-electron chi connectivity index (χ1n) is 10.7. The summed E-state index contributed by atoms with van der Waals surface area (Å²) in [6.07, 6.45) is 0. The number of ether oxygens (including phenoxy) is 1. The number of hydrogen-bond donors (Lipinski definition) is 1. The monoisotopic (exact) mass is 436 g/mol. The van der Waals surface area contributed by atoms with Crippen LogP contribution in [0.2, 0.25) is 0 Å². The summed E-state index contributed by atoms with van der Waals surface area (Å²) in [5.74, 6) is 0.866. The molecule has 1 N–H and O–H groups in total. The minimum absolute atomic E-state index is 0.650. The van der Waals surface area contributed by atoms with E-state index in [0.29, 0.717) is 6.61 Å². The van der Waals surface area contributed by atoms with Gasteiger partial charge in [-0.15, -0.1) is 0 Å². The predicted molar refractivity (Wildman–Crippen MR) is 129 cm³/mol. The Morgan fingerprint density at radius 2 is 1.68 bits per heavy atom. The highest BCUT2D eigenvalue weighted by molar-refractivity contribution is 6.26. The topological polar surface area (TPSA) is 41.8 Å². The van der Waals surface area contributed by atoms with E-state index < -0.39 is 5.12 Å². The number of fused-ring (bicyclic) bond motifs is 1. The third kappa shape index (κ3) is 3.47. The van der Waals surface area contributed by atoms with E-state index in [-0.39, 0.29) is 0 Å². The maximum atomic E-state index is 7.39.